The fourth-order valence-electron chi connectivity index (χ4n) is 1.39. The maximum absolute atomic E-state index is 12.7. The molecule has 0 aliphatic heterocycles. The van der Waals surface area contributed by atoms with Crippen molar-refractivity contribution < 1.29 is 13.9 Å². The highest BCUT2D eigenvalue weighted by atomic mass is 19.1. The first-order chi connectivity index (χ1) is 8.19. The van der Waals surface area contributed by atoms with Crippen molar-refractivity contribution in [2.75, 3.05) is 7.11 Å². The molecule has 0 bridgehead atoms. The minimum atomic E-state index is -0.300. The van der Waals surface area contributed by atoms with E-state index in [1.807, 2.05) is 6.92 Å². The first kappa shape index (κ1) is 11.4. The number of hydrogen-bond donors (Lipinski definition) is 0. The van der Waals surface area contributed by atoms with E-state index in [9.17, 15) is 4.39 Å². The topological polar surface area (TPSA) is 31.4 Å². The molecule has 0 radical (unpaired) electrons. The molecule has 0 amide bonds. The number of rotatable bonds is 3. The molecule has 4 heteroatoms. The standard InChI is InChI=1S/C13H12FNO2/c1-9-7-12(16-2)13(8-15-9)17-11-5-3-10(14)4-6-11/h3-8H,1-2H3. The fourth-order valence-corrected chi connectivity index (χ4v) is 1.39. The zero-order valence-corrected chi connectivity index (χ0v) is 9.61. The summed E-state index contributed by atoms with van der Waals surface area (Å²) in [7, 11) is 1.56. The summed E-state index contributed by atoms with van der Waals surface area (Å²) in [5, 5.41) is 0. The zero-order chi connectivity index (χ0) is 12.3. The Hall–Kier alpha value is -2.10. The van der Waals surface area contributed by atoms with Crippen LogP contribution in [0.3, 0.4) is 0 Å². The van der Waals surface area contributed by atoms with E-state index in [1.54, 1.807) is 31.5 Å². The Morgan fingerprint density at radius 1 is 1.12 bits per heavy atom. The molecule has 0 N–H and O–H groups in total. The van der Waals surface area contributed by atoms with Gasteiger partial charge < -0.3 is 9.47 Å². The first-order valence-electron chi connectivity index (χ1n) is 5.13. The molecule has 1 aromatic carbocycles. The molecule has 0 atom stereocenters. The summed E-state index contributed by atoms with van der Waals surface area (Å²) >= 11 is 0. The molecule has 1 heterocycles. The summed E-state index contributed by atoms with van der Waals surface area (Å²) in [5.74, 6) is 1.34. The Balaban J connectivity index is 2.26. The van der Waals surface area contributed by atoms with E-state index in [0.717, 1.165) is 5.69 Å². The lowest BCUT2D eigenvalue weighted by Gasteiger charge is -2.10. The molecule has 0 saturated carbocycles. The Kier molecular flexibility index (Phi) is 3.23. The second-order valence-corrected chi connectivity index (χ2v) is 3.53. The van der Waals surface area contributed by atoms with Crippen LogP contribution >= 0.6 is 0 Å². The molecule has 0 fully saturated rings. The molecule has 0 aliphatic rings. The highest BCUT2D eigenvalue weighted by molar-refractivity contribution is 5.41. The lowest BCUT2D eigenvalue weighted by atomic mass is 10.3. The van der Waals surface area contributed by atoms with Gasteiger partial charge in [-0.1, -0.05) is 0 Å². The van der Waals surface area contributed by atoms with Crippen molar-refractivity contribution in [1.29, 1.82) is 0 Å². The van der Waals surface area contributed by atoms with Gasteiger partial charge in [-0.25, -0.2) is 4.39 Å². The van der Waals surface area contributed by atoms with E-state index in [0.29, 0.717) is 17.2 Å². The monoisotopic (exact) mass is 233 g/mol. The second-order valence-electron chi connectivity index (χ2n) is 3.53. The molecule has 0 saturated heterocycles. The highest BCUT2D eigenvalue weighted by Gasteiger charge is 2.06. The van der Waals surface area contributed by atoms with Gasteiger partial charge in [0.15, 0.2) is 11.5 Å². The molecule has 0 unspecified atom stereocenters. The average Bonchev–Trinajstić information content (AvgIpc) is 2.34. The number of methoxy groups -OCH3 is 1. The normalized spacial score (nSPS) is 10.1. The van der Waals surface area contributed by atoms with E-state index in [2.05, 4.69) is 4.98 Å². The van der Waals surface area contributed by atoms with Crippen LogP contribution in [0.2, 0.25) is 0 Å². The van der Waals surface area contributed by atoms with Crippen LogP contribution in [0.15, 0.2) is 36.5 Å². The van der Waals surface area contributed by atoms with Crippen LogP contribution in [-0.4, -0.2) is 12.1 Å². The lowest BCUT2D eigenvalue weighted by molar-refractivity contribution is 0.376. The van der Waals surface area contributed by atoms with Gasteiger partial charge in [0.1, 0.15) is 11.6 Å². The number of aromatic nitrogens is 1. The van der Waals surface area contributed by atoms with Crippen LogP contribution in [0.5, 0.6) is 17.2 Å². The predicted molar refractivity (Wildman–Crippen MR) is 62.0 cm³/mol. The van der Waals surface area contributed by atoms with E-state index in [-0.39, 0.29) is 5.82 Å². The maximum Gasteiger partial charge on any atom is 0.187 e. The van der Waals surface area contributed by atoms with E-state index < -0.39 is 0 Å². The maximum atomic E-state index is 12.7. The van der Waals surface area contributed by atoms with Crippen molar-refractivity contribution >= 4 is 0 Å². The summed E-state index contributed by atoms with van der Waals surface area (Å²) in [6.45, 7) is 1.87. The quantitative estimate of drug-likeness (QED) is 0.814. The molecule has 2 rings (SSSR count). The third-order valence-electron chi connectivity index (χ3n) is 2.23. The Morgan fingerprint density at radius 2 is 1.82 bits per heavy atom. The van der Waals surface area contributed by atoms with Crippen LogP contribution in [0.1, 0.15) is 5.69 Å². The van der Waals surface area contributed by atoms with E-state index in [4.69, 9.17) is 9.47 Å². The Labute approximate surface area is 98.8 Å². The molecule has 0 aliphatic carbocycles. The van der Waals surface area contributed by atoms with Gasteiger partial charge in [0, 0.05) is 11.8 Å². The molecule has 17 heavy (non-hydrogen) atoms. The van der Waals surface area contributed by atoms with Crippen LogP contribution in [-0.2, 0) is 0 Å². The number of halogens is 1. The molecular formula is C13H12FNO2. The number of nitrogens with zero attached hydrogens (tertiary/aromatic N) is 1. The van der Waals surface area contributed by atoms with Gasteiger partial charge in [-0.15, -0.1) is 0 Å². The van der Waals surface area contributed by atoms with E-state index in [1.165, 1.54) is 12.1 Å². The second kappa shape index (κ2) is 4.82. The van der Waals surface area contributed by atoms with Crippen LogP contribution in [0.4, 0.5) is 4.39 Å². The van der Waals surface area contributed by atoms with Crippen molar-refractivity contribution in [3.05, 3.63) is 48.0 Å². The summed E-state index contributed by atoms with van der Waals surface area (Å²) in [4.78, 5) is 4.12. The number of pyridine rings is 1. The molecule has 0 spiro atoms. The summed E-state index contributed by atoms with van der Waals surface area (Å²) in [6, 6.07) is 7.55. The van der Waals surface area contributed by atoms with Gasteiger partial charge in [-0.2, -0.15) is 0 Å². The van der Waals surface area contributed by atoms with Crippen molar-refractivity contribution in [1.82, 2.24) is 4.98 Å². The van der Waals surface area contributed by atoms with Gasteiger partial charge in [-0.05, 0) is 31.2 Å². The van der Waals surface area contributed by atoms with Gasteiger partial charge in [0.25, 0.3) is 0 Å². The largest absolute Gasteiger partial charge is 0.493 e. The predicted octanol–water partition coefficient (Wildman–Crippen LogP) is 3.33. The van der Waals surface area contributed by atoms with Crippen LogP contribution in [0.25, 0.3) is 0 Å². The molecule has 88 valence electrons. The number of benzene rings is 1. The van der Waals surface area contributed by atoms with Crippen LogP contribution in [0, 0.1) is 12.7 Å². The van der Waals surface area contributed by atoms with Crippen molar-refractivity contribution in [3.63, 3.8) is 0 Å². The van der Waals surface area contributed by atoms with Crippen molar-refractivity contribution in [2.24, 2.45) is 0 Å². The van der Waals surface area contributed by atoms with Gasteiger partial charge in [-0.3, -0.25) is 4.98 Å². The smallest absolute Gasteiger partial charge is 0.187 e. The molecule has 3 nitrogen and oxygen atoms in total. The lowest BCUT2D eigenvalue weighted by Crippen LogP contribution is -1.93. The Morgan fingerprint density at radius 3 is 2.47 bits per heavy atom. The molecule has 1 aromatic heterocycles. The number of ether oxygens (including phenoxy) is 2. The summed E-state index contributed by atoms with van der Waals surface area (Å²) in [5.41, 5.74) is 0.841. The Bertz CT molecular complexity index is 511. The third kappa shape index (κ3) is 2.72. The average molecular weight is 233 g/mol. The molecule has 2 aromatic rings. The summed E-state index contributed by atoms with van der Waals surface area (Å²) < 4.78 is 23.5. The molecular weight excluding hydrogens is 221 g/mol. The summed E-state index contributed by atoms with van der Waals surface area (Å²) in [6.07, 6.45) is 1.58. The van der Waals surface area contributed by atoms with Gasteiger partial charge in [0.05, 0.1) is 13.3 Å². The SMILES string of the molecule is COc1cc(C)ncc1Oc1ccc(F)cc1. The zero-order valence-electron chi connectivity index (χ0n) is 9.61. The fraction of sp³-hybridized carbons (Fsp3) is 0.154. The van der Waals surface area contributed by atoms with Gasteiger partial charge in [0.2, 0.25) is 0 Å². The number of aryl methyl sites for hydroxylation is 1. The van der Waals surface area contributed by atoms with E-state index >= 15 is 0 Å². The van der Waals surface area contributed by atoms with Gasteiger partial charge >= 0.3 is 0 Å². The minimum Gasteiger partial charge on any atom is -0.493 e. The van der Waals surface area contributed by atoms with Crippen molar-refractivity contribution in [3.8, 4) is 17.2 Å². The first-order valence-corrected chi connectivity index (χ1v) is 5.13. The number of hydrogen-bond acceptors (Lipinski definition) is 3. The van der Waals surface area contributed by atoms with Crippen molar-refractivity contribution in [2.45, 2.75) is 6.92 Å². The highest BCUT2D eigenvalue weighted by Crippen LogP contribution is 2.30. The van der Waals surface area contributed by atoms with Crippen LogP contribution < -0.4 is 9.47 Å². The minimum absolute atomic E-state index is 0.300. The third-order valence-corrected chi connectivity index (χ3v) is 2.23.